The summed E-state index contributed by atoms with van der Waals surface area (Å²) in [7, 11) is 4.27. The fraction of sp³-hybridized carbons (Fsp3) is 0.667. The Balaban J connectivity index is 2.75. The Kier molecular flexibility index (Phi) is 6.70. The minimum atomic E-state index is 0.247. The Morgan fingerprint density at radius 3 is 2.20 bits per heavy atom. The molecule has 0 saturated heterocycles. The highest BCUT2D eigenvalue weighted by Crippen LogP contribution is 2.21. The van der Waals surface area contributed by atoms with Crippen molar-refractivity contribution in [3.63, 3.8) is 0 Å². The fourth-order valence-electron chi connectivity index (χ4n) is 2.36. The third-order valence-electron chi connectivity index (χ3n) is 4.62. The Morgan fingerprint density at radius 1 is 1.15 bits per heavy atom. The molecular weight excluding hydrogens is 244 g/mol. The van der Waals surface area contributed by atoms with E-state index in [0.29, 0.717) is 6.04 Å². The average molecular weight is 276 g/mol. The number of nitrogens with zero attached hydrogens (tertiary/aromatic N) is 1. The van der Waals surface area contributed by atoms with Gasteiger partial charge < -0.3 is 5.32 Å². The highest BCUT2D eigenvalue weighted by atomic mass is 15.2. The number of hydrogen-bond donors (Lipinski definition) is 1. The molecular formula is C18H32N2. The first kappa shape index (κ1) is 17.2. The highest BCUT2D eigenvalue weighted by molar-refractivity contribution is 5.25. The van der Waals surface area contributed by atoms with Crippen molar-refractivity contribution >= 4 is 0 Å². The van der Waals surface area contributed by atoms with Gasteiger partial charge in [0.2, 0.25) is 0 Å². The first-order valence-corrected chi connectivity index (χ1v) is 7.92. The van der Waals surface area contributed by atoms with Crippen LogP contribution in [-0.2, 0) is 6.42 Å². The monoisotopic (exact) mass is 276 g/mol. The van der Waals surface area contributed by atoms with E-state index in [1.165, 1.54) is 24.0 Å². The second-order valence-corrected chi connectivity index (χ2v) is 6.38. The molecule has 0 aromatic heterocycles. The van der Waals surface area contributed by atoms with Gasteiger partial charge in [-0.2, -0.15) is 0 Å². The summed E-state index contributed by atoms with van der Waals surface area (Å²) in [5.41, 5.74) is 3.07. The van der Waals surface area contributed by atoms with E-state index in [4.69, 9.17) is 0 Å². The summed E-state index contributed by atoms with van der Waals surface area (Å²) in [5.74, 6) is 0. The molecule has 0 aliphatic rings. The van der Waals surface area contributed by atoms with Gasteiger partial charge in [0.25, 0.3) is 0 Å². The Hall–Kier alpha value is -0.860. The zero-order valence-electron chi connectivity index (χ0n) is 14.2. The lowest BCUT2D eigenvalue weighted by molar-refractivity contribution is 0.137. The smallest absolute Gasteiger partial charge is 0.0446 e. The van der Waals surface area contributed by atoms with Gasteiger partial charge in [-0.05, 0) is 51.9 Å². The maximum Gasteiger partial charge on any atom is 0.0446 e. The Labute approximate surface area is 125 Å². The third kappa shape index (κ3) is 4.60. The highest BCUT2D eigenvalue weighted by Gasteiger charge is 2.23. The number of benzene rings is 1. The minimum absolute atomic E-state index is 0.247. The molecule has 0 spiro atoms. The molecule has 0 fully saturated rings. The van der Waals surface area contributed by atoms with Crippen molar-refractivity contribution in [3.8, 4) is 0 Å². The number of likely N-dealkylation sites (N-methyl/N-ethyl adjacent to an activating group) is 2. The van der Waals surface area contributed by atoms with Crippen molar-refractivity contribution in [1.29, 1.82) is 0 Å². The molecule has 1 rings (SSSR count). The van der Waals surface area contributed by atoms with Crippen molar-refractivity contribution in [2.24, 2.45) is 0 Å². The van der Waals surface area contributed by atoms with Crippen molar-refractivity contribution in [3.05, 3.63) is 35.4 Å². The lowest BCUT2D eigenvalue weighted by Crippen LogP contribution is -2.44. The number of nitrogens with one attached hydrogen (secondary N) is 1. The van der Waals surface area contributed by atoms with Crippen LogP contribution in [0.4, 0.5) is 0 Å². The minimum Gasteiger partial charge on any atom is -0.312 e. The number of aryl methyl sites for hydroxylation is 1. The predicted octanol–water partition coefficient (Wildman–Crippen LogP) is 4.02. The third-order valence-corrected chi connectivity index (χ3v) is 4.62. The lowest BCUT2D eigenvalue weighted by atomic mass is 9.97. The van der Waals surface area contributed by atoms with Gasteiger partial charge in [0.15, 0.2) is 0 Å². The van der Waals surface area contributed by atoms with Gasteiger partial charge in [-0.15, -0.1) is 0 Å². The van der Waals surface area contributed by atoms with Crippen molar-refractivity contribution in [2.45, 2.75) is 58.5 Å². The molecule has 0 radical (unpaired) electrons. The summed E-state index contributed by atoms with van der Waals surface area (Å²) in [5, 5.41) is 3.46. The van der Waals surface area contributed by atoms with Crippen LogP contribution in [0, 0.1) is 0 Å². The predicted molar refractivity (Wildman–Crippen MR) is 89.2 cm³/mol. The van der Waals surface area contributed by atoms with Crippen LogP contribution in [0.25, 0.3) is 0 Å². The van der Waals surface area contributed by atoms with Gasteiger partial charge in [-0.3, -0.25) is 4.90 Å². The zero-order chi connectivity index (χ0) is 15.2. The van der Waals surface area contributed by atoms with Crippen LogP contribution in [-0.4, -0.2) is 31.1 Å². The maximum absolute atomic E-state index is 3.46. The summed E-state index contributed by atoms with van der Waals surface area (Å²) in [6, 6.07) is 9.49. The first-order chi connectivity index (χ1) is 9.44. The van der Waals surface area contributed by atoms with Crippen LogP contribution in [0.2, 0.25) is 0 Å². The molecule has 0 aliphatic carbocycles. The second-order valence-electron chi connectivity index (χ2n) is 6.38. The molecule has 1 aromatic carbocycles. The average Bonchev–Trinajstić information content (AvgIpc) is 2.45. The van der Waals surface area contributed by atoms with Crippen LogP contribution in [0.3, 0.4) is 0 Å². The van der Waals surface area contributed by atoms with Crippen LogP contribution in [0.15, 0.2) is 24.3 Å². The number of hydrogen-bond acceptors (Lipinski definition) is 2. The van der Waals surface area contributed by atoms with Gasteiger partial charge in [0.05, 0.1) is 0 Å². The molecule has 0 heterocycles. The standard InChI is InChI=1S/C18H32N2/c1-7-9-15-10-12-16(13-11-15)17(19-5)14-20(6)18(3,4)8-2/h10-13,17,19H,7-9,14H2,1-6H3. The Morgan fingerprint density at radius 2 is 1.75 bits per heavy atom. The van der Waals surface area contributed by atoms with Gasteiger partial charge in [0.1, 0.15) is 0 Å². The molecule has 1 atom stereocenters. The van der Waals surface area contributed by atoms with E-state index in [1.54, 1.807) is 0 Å². The Bertz CT molecular complexity index is 381. The summed E-state index contributed by atoms with van der Waals surface area (Å²) in [6.45, 7) is 10.1. The summed E-state index contributed by atoms with van der Waals surface area (Å²) in [4.78, 5) is 2.45. The molecule has 1 unspecified atom stereocenters. The molecule has 0 saturated carbocycles. The van der Waals surface area contributed by atoms with Crippen molar-refractivity contribution < 1.29 is 0 Å². The largest absolute Gasteiger partial charge is 0.312 e. The van der Waals surface area contributed by atoms with E-state index in [1.807, 2.05) is 0 Å². The maximum atomic E-state index is 3.46. The normalized spacial score (nSPS) is 13.8. The molecule has 1 N–H and O–H groups in total. The molecule has 114 valence electrons. The lowest BCUT2D eigenvalue weighted by Gasteiger charge is -2.37. The van der Waals surface area contributed by atoms with E-state index in [0.717, 1.165) is 13.0 Å². The van der Waals surface area contributed by atoms with Gasteiger partial charge >= 0.3 is 0 Å². The summed E-state index contributed by atoms with van der Waals surface area (Å²) >= 11 is 0. The van der Waals surface area contributed by atoms with E-state index in [-0.39, 0.29) is 5.54 Å². The van der Waals surface area contributed by atoms with Crippen LogP contribution in [0.1, 0.15) is 57.7 Å². The van der Waals surface area contributed by atoms with Gasteiger partial charge in [-0.25, -0.2) is 0 Å². The van der Waals surface area contributed by atoms with Crippen molar-refractivity contribution in [1.82, 2.24) is 10.2 Å². The van der Waals surface area contributed by atoms with E-state index < -0.39 is 0 Å². The quantitative estimate of drug-likeness (QED) is 0.771. The summed E-state index contributed by atoms with van der Waals surface area (Å²) in [6.07, 6.45) is 3.55. The topological polar surface area (TPSA) is 15.3 Å². The van der Waals surface area contributed by atoms with Gasteiger partial charge in [0, 0.05) is 18.1 Å². The molecule has 0 amide bonds. The summed E-state index contributed by atoms with van der Waals surface area (Å²) < 4.78 is 0. The van der Waals surface area contributed by atoms with E-state index in [2.05, 4.69) is 76.3 Å². The van der Waals surface area contributed by atoms with Crippen LogP contribution in [0.5, 0.6) is 0 Å². The molecule has 0 aliphatic heterocycles. The SMILES string of the molecule is CCCc1ccc(C(CN(C)C(C)(C)CC)NC)cc1. The van der Waals surface area contributed by atoms with E-state index >= 15 is 0 Å². The zero-order valence-corrected chi connectivity index (χ0v) is 14.2. The second kappa shape index (κ2) is 7.80. The molecule has 2 heteroatoms. The number of rotatable bonds is 8. The molecule has 0 bridgehead atoms. The fourth-order valence-corrected chi connectivity index (χ4v) is 2.36. The molecule has 1 aromatic rings. The van der Waals surface area contributed by atoms with Gasteiger partial charge in [-0.1, -0.05) is 44.5 Å². The van der Waals surface area contributed by atoms with Crippen LogP contribution < -0.4 is 5.32 Å². The van der Waals surface area contributed by atoms with E-state index in [9.17, 15) is 0 Å². The van der Waals surface area contributed by atoms with Crippen LogP contribution >= 0.6 is 0 Å². The molecule has 20 heavy (non-hydrogen) atoms. The van der Waals surface area contributed by atoms with Crippen molar-refractivity contribution in [2.75, 3.05) is 20.6 Å². The first-order valence-electron chi connectivity index (χ1n) is 7.92. The molecule has 2 nitrogen and oxygen atoms in total.